The summed E-state index contributed by atoms with van der Waals surface area (Å²) in [5.41, 5.74) is 8.31. The second-order valence-electron chi connectivity index (χ2n) is 10.5. The molecule has 1 atom stereocenters. The molecule has 0 radical (unpaired) electrons. The summed E-state index contributed by atoms with van der Waals surface area (Å²) in [5.74, 6) is 5.48. The van der Waals surface area contributed by atoms with E-state index in [1.807, 2.05) is 11.6 Å². The van der Waals surface area contributed by atoms with Crippen LogP contribution in [-0.4, -0.2) is 58.3 Å². The number of rotatable bonds is 4. The van der Waals surface area contributed by atoms with Crippen LogP contribution in [0.5, 0.6) is 6.01 Å². The number of methoxy groups -OCH3 is 1. The fourth-order valence-electron chi connectivity index (χ4n) is 5.51. The first-order valence-electron chi connectivity index (χ1n) is 13.4. The smallest absolute Gasteiger partial charge is 0.417 e. The number of anilines is 2. The van der Waals surface area contributed by atoms with Crippen molar-refractivity contribution in [3.05, 3.63) is 57.0 Å². The van der Waals surface area contributed by atoms with Crippen molar-refractivity contribution in [1.82, 2.24) is 24.6 Å². The van der Waals surface area contributed by atoms with Crippen LogP contribution in [0.4, 0.5) is 24.7 Å². The zero-order valence-electron chi connectivity index (χ0n) is 24.1. The maximum atomic E-state index is 14.3. The van der Waals surface area contributed by atoms with Crippen LogP contribution in [0.15, 0.2) is 12.1 Å². The number of carbonyl (C=O) groups excluding carboxylic acids is 1. The summed E-state index contributed by atoms with van der Waals surface area (Å²) in [6.07, 6.45) is -4.85. The highest BCUT2D eigenvalue weighted by Gasteiger charge is 2.40. The van der Waals surface area contributed by atoms with Crippen LogP contribution in [0.2, 0.25) is 0 Å². The maximum absolute atomic E-state index is 14.3. The summed E-state index contributed by atoms with van der Waals surface area (Å²) in [6.45, 7) is 5.00. The van der Waals surface area contributed by atoms with Gasteiger partial charge < -0.3 is 25.0 Å². The number of amides is 1. The largest absolute Gasteiger partial charge is 0.467 e. The third kappa shape index (κ3) is 5.34. The maximum Gasteiger partial charge on any atom is 0.417 e. The standard InChI is InChI=1S/C29H32F3N7O3/c1-6-8-17-11-18(33)12-19(24(17)29(30,31)32)23-13-21-20(15-42-23)26(35-28(34-21)41-5)38-9-7-10-39-22(14-38)16(2)25(36-39)27(40)37(3)4/h11-12,23H,7,9-10,13-15,33H2,1-5H3. The molecule has 222 valence electrons. The van der Waals surface area contributed by atoms with E-state index in [0.717, 1.165) is 17.7 Å². The van der Waals surface area contributed by atoms with Crippen molar-refractivity contribution in [2.24, 2.45) is 0 Å². The zero-order valence-corrected chi connectivity index (χ0v) is 24.1. The van der Waals surface area contributed by atoms with E-state index in [2.05, 4.69) is 31.8 Å². The van der Waals surface area contributed by atoms with Gasteiger partial charge in [0.1, 0.15) is 5.82 Å². The number of hydrogen-bond donors (Lipinski definition) is 1. The average molecular weight is 584 g/mol. The lowest BCUT2D eigenvalue weighted by Crippen LogP contribution is -2.29. The Labute approximate surface area is 241 Å². The van der Waals surface area contributed by atoms with Gasteiger partial charge in [0.2, 0.25) is 0 Å². The van der Waals surface area contributed by atoms with Crippen LogP contribution >= 0.6 is 0 Å². The third-order valence-electron chi connectivity index (χ3n) is 7.49. The summed E-state index contributed by atoms with van der Waals surface area (Å²) < 4.78 is 56.2. The van der Waals surface area contributed by atoms with Crippen molar-refractivity contribution in [1.29, 1.82) is 0 Å². The minimum absolute atomic E-state index is 0.0146. The molecule has 2 N–H and O–H groups in total. The predicted molar refractivity (Wildman–Crippen MR) is 149 cm³/mol. The van der Waals surface area contributed by atoms with Gasteiger partial charge in [-0.2, -0.15) is 28.2 Å². The van der Waals surface area contributed by atoms with E-state index in [-0.39, 0.29) is 41.8 Å². The van der Waals surface area contributed by atoms with Crippen LogP contribution in [0.25, 0.3) is 0 Å². The zero-order chi connectivity index (χ0) is 30.3. The summed E-state index contributed by atoms with van der Waals surface area (Å²) in [6, 6.07) is 2.62. The van der Waals surface area contributed by atoms with Gasteiger partial charge in [-0.05, 0) is 38.0 Å². The van der Waals surface area contributed by atoms with Crippen LogP contribution in [0.1, 0.15) is 69.1 Å². The Bertz CT molecular complexity index is 1600. The monoisotopic (exact) mass is 583 g/mol. The van der Waals surface area contributed by atoms with E-state index >= 15 is 0 Å². The molecule has 5 rings (SSSR count). The lowest BCUT2D eigenvalue weighted by atomic mass is 9.91. The van der Waals surface area contributed by atoms with Crippen molar-refractivity contribution in [3.63, 3.8) is 0 Å². The van der Waals surface area contributed by atoms with Gasteiger partial charge in [-0.25, -0.2) is 0 Å². The molecule has 0 fully saturated rings. The minimum atomic E-state index is -4.67. The van der Waals surface area contributed by atoms with E-state index in [0.29, 0.717) is 42.4 Å². The molecule has 2 aromatic heterocycles. The number of benzene rings is 1. The molecule has 42 heavy (non-hydrogen) atoms. The van der Waals surface area contributed by atoms with Gasteiger partial charge in [0.15, 0.2) is 5.69 Å². The topological polar surface area (TPSA) is 112 Å². The number of alkyl halides is 3. The number of nitrogens with two attached hydrogens (primary N) is 1. The van der Waals surface area contributed by atoms with Gasteiger partial charge in [-0.15, -0.1) is 5.92 Å². The van der Waals surface area contributed by atoms with Crippen LogP contribution < -0.4 is 15.4 Å². The Kier molecular flexibility index (Phi) is 7.76. The summed E-state index contributed by atoms with van der Waals surface area (Å²) in [4.78, 5) is 25.4. The Morgan fingerprint density at radius 1 is 1.24 bits per heavy atom. The Morgan fingerprint density at radius 2 is 2.00 bits per heavy atom. The van der Waals surface area contributed by atoms with Gasteiger partial charge in [0, 0.05) is 56.0 Å². The molecule has 1 aromatic carbocycles. The van der Waals surface area contributed by atoms with Gasteiger partial charge >= 0.3 is 12.2 Å². The van der Waals surface area contributed by atoms with E-state index in [9.17, 15) is 18.0 Å². The SMILES string of the molecule is CC#Cc1cc(N)cc(C2Cc3nc(OC)nc(N4CCCn5nc(C(=O)N(C)C)c(C)c5C4)c3CO2)c1C(F)(F)F. The highest BCUT2D eigenvalue weighted by molar-refractivity contribution is 5.93. The van der Waals surface area contributed by atoms with Crippen molar-refractivity contribution >= 4 is 17.4 Å². The Morgan fingerprint density at radius 3 is 2.67 bits per heavy atom. The Balaban J connectivity index is 1.54. The molecule has 0 bridgehead atoms. The molecule has 2 aliphatic rings. The molecular weight excluding hydrogens is 551 g/mol. The molecule has 4 heterocycles. The summed E-state index contributed by atoms with van der Waals surface area (Å²) in [5, 5.41) is 4.58. The first kappa shape index (κ1) is 29.2. The van der Waals surface area contributed by atoms with Crippen LogP contribution in [0.3, 0.4) is 0 Å². The van der Waals surface area contributed by atoms with E-state index < -0.39 is 17.8 Å². The number of aryl methyl sites for hydroxylation is 1. The summed E-state index contributed by atoms with van der Waals surface area (Å²) >= 11 is 0. The molecule has 0 saturated carbocycles. The Hall–Kier alpha value is -4.31. The van der Waals surface area contributed by atoms with E-state index in [1.165, 1.54) is 31.1 Å². The van der Waals surface area contributed by atoms with Crippen LogP contribution in [-0.2, 0) is 37.0 Å². The second kappa shape index (κ2) is 11.2. The van der Waals surface area contributed by atoms with Gasteiger partial charge in [0.05, 0.1) is 43.3 Å². The molecule has 1 amide bonds. The lowest BCUT2D eigenvalue weighted by Gasteiger charge is -2.31. The molecule has 0 aliphatic carbocycles. The van der Waals surface area contributed by atoms with Gasteiger partial charge in [-0.3, -0.25) is 9.48 Å². The van der Waals surface area contributed by atoms with Gasteiger partial charge in [-0.1, -0.05) is 5.92 Å². The third-order valence-corrected chi connectivity index (χ3v) is 7.49. The number of nitrogen functional groups attached to an aromatic ring is 1. The molecule has 0 spiro atoms. The van der Waals surface area contributed by atoms with E-state index in [4.69, 9.17) is 15.2 Å². The average Bonchev–Trinajstić information content (AvgIpc) is 3.10. The fraction of sp³-hybridized carbons (Fsp3) is 0.448. The normalized spacial score (nSPS) is 16.6. The van der Waals surface area contributed by atoms with Gasteiger partial charge in [0.25, 0.3) is 5.91 Å². The number of ether oxygens (including phenoxy) is 2. The van der Waals surface area contributed by atoms with E-state index in [1.54, 1.807) is 14.1 Å². The van der Waals surface area contributed by atoms with Crippen LogP contribution in [0, 0.1) is 18.8 Å². The van der Waals surface area contributed by atoms with Crippen molar-refractivity contribution in [2.75, 3.05) is 38.4 Å². The number of carbonyl (C=O) groups is 1. The number of fused-ring (bicyclic) bond motifs is 2. The fourth-order valence-corrected chi connectivity index (χ4v) is 5.51. The first-order valence-corrected chi connectivity index (χ1v) is 13.4. The molecule has 3 aromatic rings. The highest BCUT2D eigenvalue weighted by Crippen LogP contribution is 2.43. The first-order chi connectivity index (χ1) is 19.9. The number of hydrogen-bond acceptors (Lipinski definition) is 8. The second-order valence-corrected chi connectivity index (χ2v) is 10.5. The molecule has 2 aliphatic heterocycles. The molecule has 13 heteroatoms. The lowest BCUT2D eigenvalue weighted by molar-refractivity contribution is -0.140. The molecule has 1 unspecified atom stereocenters. The van der Waals surface area contributed by atoms with Crippen molar-refractivity contribution < 1.29 is 27.4 Å². The quantitative estimate of drug-likeness (QED) is 0.364. The molecule has 0 saturated heterocycles. The van der Waals surface area contributed by atoms with Crippen molar-refractivity contribution in [2.45, 2.75) is 58.7 Å². The summed E-state index contributed by atoms with van der Waals surface area (Å²) in [7, 11) is 4.81. The van der Waals surface area contributed by atoms with Crippen molar-refractivity contribution in [3.8, 4) is 17.9 Å². The molecular formula is C29H32F3N7O3. The highest BCUT2D eigenvalue weighted by atomic mass is 19.4. The predicted octanol–water partition coefficient (Wildman–Crippen LogP) is 3.89. The number of nitrogens with zero attached hydrogens (tertiary/aromatic N) is 6. The number of halogens is 3. The minimum Gasteiger partial charge on any atom is -0.467 e. The molecule has 10 nitrogen and oxygen atoms in total. The number of aromatic nitrogens is 4.